The van der Waals surface area contributed by atoms with Crippen LogP contribution in [0.15, 0.2) is 12.1 Å². The van der Waals surface area contributed by atoms with Crippen LogP contribution < -0.4 is 4.74 Å². The Balaban J connectivity index is 1.72. The van der Waals surface area contributed by atoms with E-state index in [4.69, 9.17) is 21.1 Å². The van der Waals surface area contributed by atoms with Crippen LogP contribution in [0.25, 0.3) is 5.69 Å². The first-order chi connectivity index (χ1) is 10.7. The van der Waals surface area contributed by atoms with Crippen molar-refractivity contribution in [2.24, 2.45) is 0 Å². The van der Waals surface area contributed by atoms with Gasteiger partial charge in [-0.25, -0.2) is 0 Å². The highest BCUT2D eigenvalue weighted by molar-refractivity contribution is 6.31. The molecule has 3 heterocycles. The average molecular weight is 321 g/mol. The number of aryl methyl sites for hydroxylation is 1. The molecule has 2 aliphatic rings. The zero-order valence-electron chi connectivity index (χ0n) is 12.4. The predicted octanol–water partition coefficient (Wildman–Crippen LogP) is 1.95. The van der Waals surface area contributed by atoms with E-state index in [-0.39, 0.29) is 0 Å². The van der Waals surface area contributed by atoms with Gasteiger partial charge in [-0.15, -0.1) is 10.2 Å². The second-order valence-electron chi connectivity index (χ2n) is 5.61. The molecule has 2 aliphatic heterocycles. The van der Waals surface area contributed by atoms with Gasteiger partial charge in [0, 0.05) is 24.2 Å². The Bertz CT molecular complexity index is 710. The molecule has 1 saturated heterocycles. The monoisotopic (exact) mass is 320 g/mol. The number of ether oxygens (including phenoxy) is 2. The van der Waals surface area contributed by atoms with Crippen LogP contribution in [-0.4, -0.2) is 46.0 Å². The lowest BCUT2D eigenvalue weighted by molar-refractivity contribution is 0.0327. The zero-order chi connectivity index (χ0) is 15.1. The van der Waals surface area contributed by atoms with E-state index in [1.165, 1.54) is 0 Å². The van der Waals surface area contributed by atoms with Gasteiger partial charge in [0.1, 0.15) is 12.4 Å². The van der Waals surface area contributed by atoms with E-state index < -0.39 is 0 Å². The van der Waals surface area contributed by atoms with Gasteiger partial charge in [0.25, 0.3) is 0 Å². The Morgan fingerprint density at radius 1 is 1.23 bits per heavy atom. The van der Waals surface area contributed by atoms with Crippen molar-refractivity contribution in [1.29, 1.82) is 0 Å². The standard InChI is InChI=1S/C15H17ClN4O2/c1-10-6-12-13(7-11(10)16)22-9-15-18-17-14(20(12)15)8-19-2-4-21-5-3-19/h6-7H,2-5,8-9H2,1H3. The van der Waals surface area contributed by atoms with E-state index in [1.807, 2.05) is 19.1 Å². The molecule has 1 aromatic carbocycles. The third-order valence-corrected chi connectivity index (χ3v) is 4.51. The molecule has 1 fully saturated rings. The molecule has 22 heavy (non-hydrogen) atoms. The fraction of sp³-hybridized carbons (Fsp3) is 0.467. The number of aromatic nitrogens is 3. The molecule has 0 N–H and O–H groups in total. The minimum absolute atomic E-state index is 0.419. The maximum absolute atomic E-state index is 6.20. The highest BCUT2D eigenvalue weighted by Crippen LogP contribution is 2.34. The Kier molecular flexibility index (Phi) is 3.52. The van der Waals surface area contributed by atoms with E-state index in [1.54, 1.807) is 0 Å². The first-order valence-corrected chi connectivity index (χ1v) is 7.77. The van der Waals surface area contributed by atoms with E-state index in [0.29, 0.717) is 11.6 Å². The van der Waals surface area contributed by atoms with Crippen molar-refractivity contribution in [3.8, 4) is 11.4 Å². The van der Waals surface area contributed by atoms with Crippen molar-refractivity contribution < 1.29 is 9.47 Å². The van der Waals surface area contributed by atoms with E-state index in [2.05, 4.69) is 19.7 Å². The fourth-order valence-electron chi connectivity index (χ4n) is 2.87. The van der Waals surface area contributed by atoms with E-state index >= 15 is 0 Å². The quantitative estimate of drug-likeness (QED) is 0.846. The van der Waals surface area contributed by atoms with Crippen LogP contribution in [0.5, 0.6) is 5.75 Å². The lowest BCUT2D eigenvalue weighted by Crippen LogP contribution is -2.36. The molecule has 0 amide bonds. The largest absolute Gasteiger partial charge is 0.483 e. The van der Waals surface area contributed by atoms with Crippen LogP contribution in [0, 0.1) is 6.92 Å². The number of nitrogens with zero attached hydrogens (tertiary/aromatic N) is 4. The molecular formula is C15H17ClN4O2. The Morgan fingerprint density at radius 2 is 2.05 bits per heavy atom. The SMILES string of the molecule is Cc1cc2c(cc1Cl)OCc1nnc(CN3CCOCC3)n1-2. The molecule has 2 aromatic rings. The number of fused-ring (bicyclic) bond motifs is 3. The maximum Gasteiger partial charge on any atom is 0.175 e. The third-order valence-electron chi connectivity index (χ3n) is 4.10. The smallest absolute Gasteiger partial charge is 0.175 e. The molecule has 6 nitrogen and oxygen atoms in total. The van der Waals surface area contributed by atoms with Gasteiger partial charge in [0.15, 0.2) is 11.6 Å². The summed E-state index contributed by atoms with van der Waals surface area (Å²) in [5.74, 6) is 2.55. The number of benzene rings is 1. The van der Waals surface area contributed by atoms with Crippen molar-refractivity contribution in [2.45, 2.75) is 20.1 Å². The highest BCUT2D eigenvalue weighted by Gasteiger charge is 2.25. The Hall–Kier alpha value is -1.63. The summed E-state index contributed by atoms with van der Waals surface area (Å²) < 4.78 is 13.2. The molecule has 0 unspecified atom stereocenters. The van der Waals surface area contributed by atoms with Crippen molar-refractivity contribution in [3.05, 3.63) is 34.4 Å². The second-order valence-corrected chi connectivity index (χ2v) is 6.02. The molecule has 4 rings (SSSR count). The topological polar surface area (TPSA) is 52.4 Å². The molecule has 0 bridgehead atoms. The molecule has 7 heteroatoms. The minimum atomic E-state index is 0.419. The predicted molar refractivity (Wildman–Crippen MR) is 81.5 cm³/mol. The first kappa shape index (κ1) is 14.0. The summed E-state index contributed by atoms with van der Waals surface area (Å²) in [6.07, 6.45) is 0. The molecule has 0 radical (unpaired) electrons. The number of hydrogen-bond donors (Lipinski definition) is 0. The summed E-state index contributed by atoms with van der Waals surface area (Å²) in [7, 11) is 0. The van der Waals surface area contributed by atoms with Crippen molar-refractivity contribution in [2.75, 3.05) is 26.3 Å². The van der Waals surface area contributed by atoms with Gasteiger partial charge in [0.05, 0.1) is 25.4 Å². The lowest BCUT2D eigenvalue weighted by atomic mass is 10.2. The molecule has 1 aromatic heterocycles. The highest BCUT2D eigenvalue weighted by atomic mass is 35.5. The minimum Gasteiger partial charge on any atom is -0.483 e. The van der Waals surface area contributed by atoms with Crippen LogP contribution in [0.2, 0.25) is 5.02 Å². The van der Waals surface area contributed by atoms with Crippen LogP contribution in [0.1, 0.15) is 17.2 Å². The fourth-order valence-corrected chi connectivity index (χ4v) is 3.02. The molecule has 0 atom stereocenters. The summed E-state index contributed by atoms with van der Waals surface area (Å²) in [5.41, 5.74) is 1.99. The van der Waals surface area contributed by atoms with Crippen LogP contribution in [0.3, 0.4) is 0 Å². The van der Waals surface area contributed by atoms with Crippen LogP contribution >= 0.6 is 11.6 Å². The Morgan fingerprint density at radius 3 is 2.86 bits per heavy atom. The van der Waals surface area contributed by atoms with Gasteiger partial charge in [-0.3, -0.25) is 9.47 Å². The summed E-state index contributed by atoms with van der Waals surface area (Å²) >= 11 is 6.20. The van der Waals surface area contributed by atoms with Gasteiger partial charge in [-0.2, -0.15) is 0 Å². The second kappa shape index (κ2) is 5.53. The molecular weight excluding hydrogens is 304 g/mol. The van der Waals surface area contributed by atoms with Crippen molar-refractivity contribution in [3.63, 3.8) is 0 Å². The number of hydrogen-bond acceptors (Lipinski definition) is 5. The van der Waals surface area contributed by atoms with Gasteiger partial charge in [-0.1, -0.05) is 11.6 Å². The summed E-state index contributed by atoms with van der Waals surface area (Å²) in [5, 5.41) is 9.34. The number of rotatable bonds is 2. The van der Waals surface area contributed by atoms with Crippen LogP contribution in [0.4, 0.5) is 0 Å². The Labute approximate surface area is 133 Å². The number of halogens is 1. The number of morpholine rings is 1. The summed E-state index contributed by atoms with van der Waals surface area (Å²) in [4.78, 5) is 2.33. The van der Waals surface area contributed by atoms with E-state index in [0.717, 1.165) is 61.5 Å². The van der Waals surface area contributed by atoms with E-state index in [9.17, 15) is 0 Å². The average Bonchev–Trinajstić information content (AvgIpc) is 2.93. The zero-order valence-corrected chi connectivity index (χ0v) is 13.1. The van der Waals surface area contributed by atoms with Gasteiger partial charge >= 0.3 is 0 Å². The van der Waals surface area contributed by atoms with Crippen LogP contribution in [-0.2, 0) is 17.9 Å². The molecule has 0 saturated carbocycles. The van der Waals surface area contributed by atoms with Gasteiger partial charge in [-0.05, 0) is 18.6 Å². The summed E-state index contributed by atoms with van der Waals surface area (Å²) in [6.45, 7) is 6.56. The molecule has 0 aliphatic carbocycles. The van der Waals surface area contributed by atoms with Crippen molar-refractivity contribution in [1.82, 2.24) is 19.7 Å². The molecule has 0 spiro atoms. The first-order valence-electron chi connectivity index (χ1n) is 7.39. The van der Waals surface area contributed by atoms with Gasteiger partial charge in [0.2, 0.25) is 0 Å². The van der Waals surface area contributed by atoms with Gasteiger partial charge < -0.3 is 9.47 Å². The lowest BCUT2D eigenvalue weighted by Gasteiger charge is -2.27. The summed E-state index contributed by atoms with van der Waals surface area (Å²) in [6, 6.07) is 3.90. The third kappa shape index (κ3) is 2.37. The van der Waals surface area contributed by atoms with Crippen molar-refractivity contribution >= 4 is 11.6 Å². The molecule has 116 valence electrons. The normalized spacial score (nSPS) is 17.7. The maximum atomic E-state index is 6.20.